The van der Waals surface area contributed by atoms with E-state index in [-0.39, 0.29) is 49.2 Å². The molecular formula is C10H18Cl4O6P2+2. The monoisotopic (exact) mass is 436 g/mol. The van der Waals surface area contributed by atoms with Crippen LogP contribution in [0.25, 0.3) is 0 Å². The molecule has 0 saturated heterocycles. The van der Waals surface area contributed by atoms with Crippen LogP contribution in [-0.2, 0) is 18.2 Å². The molecule has 2 unspecified atom stereocenters. The Hall–Kier alpha value is 1.20. The van der Waals surface area contributed by atoms with E-state index in [1.165, 1.54) is 0 Å². The lowest BCUT2D eigenvalue weighted by molar-refractivity contribution is -0.126. The van der Waals surface area contributed by atoms with E-state index in [1.807, 2.05) is 0 Å². The van der Waals surface area contributed by atoms with E-state index in [0.29, 0.717) is 0 Å². The zero-order valence-electron chi connectivity index (χ0n) is 11.6. The minimum Gasteiger partial charge on any atom is -0.133 e. The van der Waals surface area contributed by atoms with Crippen LogP contribution in [0.2, 0.25) is 0 Å². The highest BCUT2D eigenvalue weighted by molar-refractivity contribution is 7.32. The fraction of sp³-hybridized carbons (Fsp3) is 1.00. The predicted octanol–water partition coefficient (Wildman–Crippen LogP) is 4.31. The first kappa shape index (κ1) is 23.2. The second-order valence-corrected chi connectivity index (χ2v) is 7.23. The highest BCUT2D eigenvalue weighted by atomic mass is 35.5. The molecule has 0 spiro atoms. The van der Waals surface area contributed by atoms with E-state index in [9.17, 15) is 18.9 Å². The first-order chi connectivity index (χ1) is 10.3. The maximum Gasteiger partial charge on any atom is 0.695 e. The molecule has 0 heterocycles. The van der Waals surface area contributed by atoms with Gasteiger partial charge in [0.05, 0.1) is 0 Å². The van der Waals surface area contributed by atoms with E-state index in [1.54, 1.807) is 0 Å². The number of hydrogen-bond donors (Lipinski definition) is 2. The SMILES string of the molecule is O=[P+](O)OC(CCCl)(CCCl)C(CCCl)(CCCl)O[P+](=O)O. The zero-order valence-corrected chi connectivity index (χ0v) is 16.4. The Morgan fingerprint density at radius 1 is 0.682 bits per heavy atom. The lowest BCUT2D eigenvalue weighted by Crippen LogP contribution is -2.57. The molecule has 0 fully saturated rings. The van der Waals surface area contributed by atoms with Gasteiger partial charge in [0.15, 0.2) is 11.2 Å². The topological polar surface area (TPSA) is 93.1 Å². The van der Waals surface area contributed by atoms with Crippen LogP contribution in [0.3, 0.4) is 0 Å². The van der Waals surface area contributed by atoms with Crippen LogP contribution in [0.1, 0.15) is 25.7 Å². The van der Waals surface area contributed by atoms with E-state index in [2.05, 4.69) is 0 Å². The normalized spacial score (nSPS) is 14.1. The van der Waals surface area contributed by atoms with Crippen molar-refractivity contribution in [1.82, 2.24) is 0 Å². The highest BCUT2D eigenvalue weighted by Gasteiger charge is 2.61. The summed E-state index contributed by atoms with van der Waals surface area (Å²) in [5, 5.41) is 0. The third kappa shape index (κ3) is 6.60. The molecule has 0 bridgehead atoms. The Bertz CT molecular complexity index is 327. The molecule has 0 aromatic rings. The molecule has 12 heteroatoms. The first-order valence-corrected chi connectivity index (χ1v) is 10.7. The number of rotatable bonds is 13. The smallest absolute Gasteiger partial charge is 0.133 e. The third-order valence-electron chi connectivity index (χ3n) is 3.33. The molecule has 2 N–H and O–H groups in total. The van der Waals surface area contributed by atoms with Crippen LogP contribution < -0.4 is 0 Å². The summed E-state index contributed by atoms with van der Waals surface area (Å²) in [6, 6.07) is 0. The first-order valence-electron chi connectivity index (χ1n) is 6.27. The van der Waals surface area contributed by atoms with Gasteiger partial charge in [0, 0.05) is 32.7 Å². The molecule has 0 radical (unpaired) electrons. The van der Waals surface area contributed by atoms with Crippen LogP contribution in [0.4, 0.5) is 0 Å². The summed E-state index contributed by atoms with van der Waals surface area (Å²) in [6.45, 7) is 0. The molecule has 2 atom stereocenters. The molecule has 6 nitrogen and oxygen atoms in total. The Labute approximate surface area is 151 Å². The Kier molecular flexibility index (Phi) is 12.3. The quantitative estimate of drug-likeness (QED) is 0.329. The Morgan fingerprint density at radius 2 is 0.909 bits per heavy atom. The average Bonchev–Trinajstić information content (AvgIpc) is 2.38. The van der Waals surface area contributed by atoms with Crippen molar-refractivity contribution in [1.29, 1.82) is 0 Å². The van der Waals surface area contributed by atoms with Crippen molar-refractivity contribution in [3.8, 4) is 0 Å². The lowest BCUT2D eigenvalue weighted by atomic mass is 9.75. The second kappa shape index (κ2) is 11.7. The molecule has 0 rings (SSSR count). The maximum atomic E-state index is 11.3. The summed E-state index contributed by atoms with van der Waals surface area (Å²) >= 11 is 23.2. The van der Waals surface area contributed by atoms with Gasteiger partial charge in [-0.3, -0.25) is 0 Å². The largest absolute Gasteiger partial charge is 0.695 e. The summed E-state index contributed by atoms with van der Waals surface area (Å²) in [5.41, 5.74) is -2.92. The van der Waals surface area contributed by atoms with Gasteiger partial charge < -0.3 is 0 Å². The fourth-order valence-corrected chi connectivity index (χ4v) is 4.94. The molecule has 130 valence electrons. The molecule has 0 amide bonds. The molecule has 0 aliphatic carbocycles. The van der Waals surface area contributed by atoms with E-state index >= 15 is 0 Å². The van der Waals surface area contributed by atoms with Crippen molar-refractivity contribution in [2.24, 2.45) is 0 Å². The van der Waals surface area contributed by atoms with Crippen molar-refractivity contribution in [2.45, 2.75) is 36.9 Å². The summed E-state index contributed by atoms with van der Waals surface area (Å²) in [6.07, 6.45) is 0.277. The molecule has 22 heavy (non-hydrogen) atoms. The van der Waals surface area contributed by atoms with Gasteiger partial charge in [-0.05, 0) is 25.7 Å². The van der Waals surface area contributed by atoms with Crippen LogP contribution >= 0.6 is 62.9 Å². The third-order valence-corrected chi connectivity index (χ3v) is 5.10. The summed E-state index contributed by atoms with van der Waals surface area (Å²) in [4.78, 5) is 18.4. The van der Waals surface area contributed by atoms with Crippen molar-refractivity contribution < 1.29 is 28.0 Å². The highest BCUT2D eigenvalue weighted by Crippen LogP contribution is 2.50. The number of halogens is 4. The second-order valence-electron chi connectivity index (χ2n) is 4.40. The Morgan fingerprint density at radius 3 is 1.05 bits per heavy atom. The van der Waals surface area contributed by atoms with Gasteiger partial charge in [-0.15, -0.1) is 65.2 Å². The number of alkyl halides is 4. The summed E-state index contributed by atoms with van der Waals surface area (Å²) in [5.74, 6) is 0.214. The van der Waals surface area contributed by atoms with E-state index in [4.69, 9.17) is 55.5 Å². The van der Waals surface area contributed by atoms with Gasteiger partial charge in [0.1, 0.15) is 0 Å². The van der Waals surface area contributed by atoms with Gasteiger partial charge in [0.25, 0.3) is 0 Å². The van der Waals surface area contributed by atoms with E-state index < -0.39 is 27.7 Å². The minimum absolute atomic E-state index is 0.0535. The zero-order chi connectivity index (χ0) is 17.2. The van der Waals surface area contributed by atoms with Crippen LogP contribution in [0.5, 0.6) is 0 Å². The minimum atomic E-state index is -3.03. The predicted molar refractivity (Wildman–Crippen MR) is 88.6 cm³/mol. The van der Waals surface area contributed by atoms with Crippen LogP contribution in [0.15, 0.2) is 0 Å². The fourth-order valence-electron chi connectivity index (χ4n) is 2.42. The molecule has 0 aliphatic heterocycles. The van der Waals surface area contributed by atoms with Crippen LogP contribution in [-0.4, -0.2) is 44.5 Å². The van der Waals surface area contributed by atoms with Crippen molar-refractivity contribution in [3.05, 3.63) is 0 Å². The van der Waals surface area contributed by atoms with Gasteiger partial charge in [-0.1, -0.05) is 0 Å². The van der Waals surface area contributed by atoms with Gasteiger partial charge >= 0.3 is 16.5 Å². The van der Waals surface area contributed by atoms with E-state index in [0.717, 1.165) is 0 Å². The van der Waals surface area contributed by atoms with Crippen molar-refractivity contribution >= 4 is 62.9 Å². The standard InChI is InChI=1S/C10H16Cl4O6P2/c11-5-1-9(2-6-12,19-21(15)16)10(3-7-13,4-8-14)20-22(17)18/h1-8H2/p+2. The van der Waals surface area contributed by atoms with Gasteiger partial charge in [-0.25, -0.2) is 0 Å². The molecule has 0 aliphatic rings. The Balaban J connectivity index is 6.03. The molecular weight excluding hydrogens is 420 g/mol. The average molecular weight is 438 g/mol. The maximum absolute atomic E-state index is 11.3. The molecule has 0 aromatic heterocycles. The van der Waals surface area contributed by atoms with Gasteiger partial charge in [-0.2, -0.15) is 0 Å². The number of hydrogen-bond acceptors (Lipinski definition) is 4. The summed E-state index contributed by atoms with van der Waals surface area (Å²) in [7, 11) is -6.06. The van der Waals surface area contributed by atoms with Crippen molar-refractivity contribution in [3.63, 3.8) is 0 Å². The molecule has 0 aromatic carbocycles. The summed E-state index contributed by atoms with van der Waals surface area (Å²) < 4.78 is 33.0. The van der Waals surface area contributed by atoms with Gasteiger partial charge in [0.2, 0.25) is 0 Å². The van der Waals surface area contributed by atoms with Crippen molar-refractivity contribution in [2.75, 3.05) is 23.5 Å². The van der Waals surface area contributed by atoms with Crippen LogP contribution in [0, 0.1) is 0 Å². The lowest BCUT2D eigenvalue weighted by Gasteiger charge is -2.41. The molecule has 0 saturated carbocycles.